The Morgan fingerprint density at radius 2 is 2.12 bits per heavy atom. The summed E-state index contributed by atoms with van der Waals surface area (Å²) in [6, 6.07) is 9.68. The van der Waals surface area contributed by atoms with Gasteiger partial charge in [-0.3, -0.25) is 9.78 Å². The van der Waals surface area contributed by atoms with Gasteiger partial charge in [0.15, 0.2) is 0 Å². The van der Waals surface area contributed by atoms with Crippen molar-refractivity contribution in [2.75, 3.05) is 5.32 Å². The third kappa shape index (κ3) is 2.03. The van der Waals surface area contributed by atoms with E-state index >= 15 is 0 Å². The summed E-state index contributed by atoms with van der Waals surface area (Å²) in [7, 11) is 0. The van der Waals surface area contributed by atoms with Crippen molar-refractivity contribution in [1.29, 1.82) is 0 Å². The van der Waals surface area contributed by atoms with E-state index in [1.165, 1.54) is 0 Å². The molecule has 1 aromatic heterocycles. The van der Waals surface area contributed by atoms with Crippen LogP contribution < -0.4 is 5.32 Å². The summed E-state index contributed by atoms with van der Waals surface area (Å²) >= 11 is 0. The number of rotatable bonds is 2. The normalized spacial score (nSPS) is 10.4. The zero-order valence-electron chi connectivity index (χ0n) is 9.45. The van der Waals surface area contributed by atoms with Crippen LogP contribution in [0.3, 0.4) is 0 Å². The van der Waals surface area contributed by atoms with Crippen LogP contribution in [0.2, 0.25) is 0 Å². The summed E-state index contributed by atoms with van der Waals surface area (Å²) in [5.41, 5.74) is 2.72. The highest BCUT2D eigenvalue weighted by atomic mass is 16.1. The predicted molar refractivity (Wildman–Crippen MR) is 65.4 cm³/mol. The number of carbonyl (C=O) groups is 1. The maximum absolute atomic E-state index is 11.4. The molecule has 0 aliphatic carbocycles. The maximum atomic E-state index is 11.4. The fourth-order valence-corrected chi connectivity index (χ4v) is 1.60. The SMILES string of the molecule is CCC(=O)Nc1cccc2nc(C)ccc12. The predicted octanol–water partition coefficient (Wildman–Crippen LogP) is 2.89. The number of carbonyl (C=O) groups excluding carboxylic acids is 1. The van der Waals surface area contributed by atoms with E-state index in [0.717, 1.165) is 22.3 Å². The highest BCUT2D eigenvalue weighted by Crippen LogP contribution is 2.22. The van der Waals surface area contributed by atoms with Crippen molar-refractivity contribution in [3.63, 3.8) is 0 Å². The molecule has 1 amide bonds. The molecule has 0 bridgehead atoms. The molecule has 0 unspecified atom stereocenters. The van der Waals surface area contributed by atoms with Crippen LogP contribution in [-0.2, 0) is 4.79 Å². The van der Waals surface area contributed by atoms with E-state index < -0.39 is 0 Å². The molecule has 1 N–H and O–H groups in total. The first-order chi connectivity index (χ1) is 7.70. The number of hydrogen-bond donors (Lipinski definition) is 1. The second-order valence-electron chi connectivity index (χ2n) is 3.73. The lowest BCUT2D eigenvalue weighted by molar-refractivity contribution is -0.115. The van der Waals surface area contributed by atoms with Gasteiger partial charge in [-0.2, -0.15) is 0 Å². The number of benzene rings is 1. The lowest BCUT2D eigenvalue weighted by Gasteiger charge is -2.07. The summed E-state index contributed by atoms with van der Waals surface area (Å²) in [5, 5.41) is 3.86. The maximum Gasteiger partial charge on any atom is 0.224 e. The molecule has 2 rings (SSSR count). The molecule has 0 atom stereocenters. The molecule has 0 radical (unpaired) electrons. The number of amides is 1. The molecule has 1 aromatic carbocycles. The Labute approximate surface area is 94.5 Å². The van der Waals surface area contributed by atoms with Crippen molar-refractivity contribution in [2.45, 2.75) is 20.3 Å². The van der Waals surface area contributed by atoms with Gasteiger partial charge in [0, 0.05) is 17.5 Å². The number of aryl methyl sites for hydroxylation is 1. The van der Waals surface area contributed by atoms with Crippen molar-refractivity contribution in [1.82, 2.24) is 4.98 Å². The van der Waals surface area contributed by atoms with Crippen LogP contribution in [0.4, 0.5) is 5.69 Å². The molecule has 16 heavy (non-hydrogen) atoms. The molecule has 3 nitrogen and oxygen atoms in total. The van der Waals surface area contributed by atoms with Crippen molar-refractivity contribution in [3.05, 3.63) is 36.0 Å². The van der Waals surface area contributed by atoms with Gasteiger partial charge in [0.1, 0.15) is 0 Å². The number of anilines is 1. The van der Waals surface area contributed by atoms with Crippen molar-refractivity contribution >= 4 is 22.5 Å². The second-order valence-corrected chi connectivity index (χ2v) is 3.73. The molecular formula is C13H14N2O. The zero-order chi connectivity index (χ0) is 11.5. The number of hydrogen-bond acceptors (Lipinski definition) is 2. The van der Waals surface area contributed by atoms with E-state index in [9.17, 15) is 4.79 Å². The summed E-state index contributed by atoms with van der Waals surface area (Å²) in [6.07, 6.45) is 0.482. The second kappa shape index (κ2) is 4.31. The summed E-state index contributed by atoms with van der Waals surface area (Å²) in [5.74, 6) is 0.0214. The molecule has 0 aliphatic rings. The van der Waals surface area contributed by atoms with Crippen LogP contribution in [0.15, 0.2) is 30.3 Å². The fourth-order valence-electron chi connectivity index (χ4n) is 1.60. The van der Waals surface area contributed by atoms with Gasteiger partial charge in [-0.05, 0) is 31.2 Å². The first kappa shape index (κ1) is 10.6. The summed E-state index contributed by atoms with van der Waals surface area (Å²) < 4.78 is 0. The van der Waals surface area contributed by atoms with E-state index in [1.807, 2.05) is 44.2 Å². The van der Waals surface area contributed by atoms with Crippen LogP contribution in [0, 0.1) is 6.92 Å². The molecule has 0 saturated heterocycles. The average Bonchev–Trinajstić information content (AvgIpc) is 2.28. The molecule has 82 valence electrons. The number of aromatic nitrogens is 1. The van der Waals surface area contributed by atoms with Crippen LogP contribution >= 0.6 is 0 Å². The van der Waals surface area contributed by atoms with Gasteiger partial charge in [0.25, 0.3) is 0 Å². The molecule has 0 saturated carbocycles. The minimum atomic E-state index is 0.0214. The van der Waals surface area contributed by atoms with E-state index in [4.69, 9.17) is 0 Å². The minimum absolute atomic E-state index is 0.0214. The third-order valence-electron chi connectivity index (χ3n) is 2.47. The van der Waals surface area contributed by atoms with E-state index in [0.29, 0.717) is 6.42 Å². The topological polar surface area (TPSA) is 42.0 Å². The van der Waals surface area contributed by atoms with Crippen LogP contribution in [0.1, 0.15) is 19.0 Å². The van der Waals surface area contributed by atoms with Crippen molar-refractivity contribution in [2.24, 2.45) is 0 Å². The molecule has 3 heteroatoms. The highest BCUT2D eigenvalue weighted by Gasteiger charge is 2.04. The van der Waals surface area contributed by atoms with Gasteiger partial charge in [-0.15, -0.1) is 0 Å². The van der Waals surface area contributed by atoms with E-state index in [2.05, 4.69) is 10.3 Å². The molecule has 0 aliphatic heterocycles. The Kier molecular flexibility index (Phi) is 2.86. The number of nitrogens with one attached hydrogen (secondary N) is 1. The zero-order valence-corrected chi connectivity index (χ0v) is 9.45. The van der Waals surface area contributed by atoms with Gasteiger partial charge in [-0.25, -0.2) is 0 Å². The van der Waals surface area contributed by atoms with Gasteiger partial charge < -0.3 is 5.32 Å². The standard InChI is InChI=1S/C13H14N2O/c1-3-13(16)15-12-6-4-5-11-10(12)8-7-9(2)14-11/h4-8H,3H2,1-2H3,(H,15,16). The Morgan fingerprint density at radius 3 is 2.88 bits per heavy atom. The summed E-state index contributed by atoms with van der Waals surface area (Å²) in [4.78, 5) is 15.8. The highest BCUT2D eigenvalue weighted by molar-refractivity contribution is 6.00. The van der Waals surface area contributed by atoms with Gasteiger partial charge >= 0.3 is 0 Å². The van der Waals surface area contributed by atoms with Crippen molar-refractivity contribution in [3.8, 4) is 0 Å². The van der Waals surface area contributed by atoms with E-state index in [-0.39, 0.29) is 5.91 Å². The molecule has 0 fully saturated rings. The van der Waals surface area contributed by atoms with E-state index in [1.54, 1.807) is 0 Å². The Hall–Kier alpha value is -1.90. The summed E-state index contributed by atoms with van der Waals surface area (Å²) in [6.45, 7) is 3.79. The van der Waals surface area contributed by atoms with Gasteiger partial charge in [-0.1, -0.05) is 13.0 Å². The molecule has 2 aromatic rings. The van der Waals surface area contributed by atoms with Crippen molar-refractivity contribution < 1.29 is 4.79 Å². The first-order valence-electron chi connectivity index (χ1n) is 5.37. The van der Waals surface area contributed by atoms with Crippen LogP contribution in [-0.4, -0.2) is 10.9 Å². The number of nitrogens with zero attached hydrogens (tertiary/aromatic N) is 1. The molecule has 0 spiro atoms. The lowest BCUT2D eigenvalue weighted by atomic mass is 10.1. The largest absolute Gasteiger partial charge is 0.325 e. The first-order valence-corrected chi connectivity index (χ1v) is 5.37. The lowest BCUT2D eigenvalue weighted by Crippen LogP contribution is -2.09. The Morgan fingerprint density at radius 1 is 1.31 bits per heavy atom. The molecular weight excluding hydrogens is 200 g/mol. The Balaban J connectivity index is 2.49. The average molecular weight is 214 g/mol. The minimum Gasteiger partial charge on any atom is -0.325 e. The fraction of sp³-hybridized carbons (Fsp3) is 0.231. The monoisotopic (exact) mass is 214 g/mol. The third-order valence-corrected chi connectivity index (χ3v) is 2.47. The number of fused-ring (bicyclic) bond motifs is 1. The van der Waals surface area contributed by atoms with Gasteiger partial charge in [0.05, 0.1) is 11.2 Å². The molecule has 1 heterocycles. The van der Waals surface area contributed by atoms with Crippen LogP contribution in [0.25, 0.3) is 10.9 Å². The number of pyridine rings is 1. The van der Waals surface area contributed by atoms with Gasteiger partial charge in [0.2, 0.25) is 5.91 Å². The smallest absolute Gasteiger partial charge is 0.224 e. The quantitative estimate of drug-likeness (QED) is 0.835. The Bertz CT molecular complexity index is 534. The van der Waals surface area contributed by atoms with Crippen LogP contribution in [0.5, 0.6) is 0 Å².